The molecule has 0 atom stereocenters. The van der Waals surface area contributed by atoms with Crippen molar-refractivity contribution in [2.75, 3.05) is 11.9 Å². The number of halogens is 1. The first-order chi connectivity index (χ1) is 9.29. The molecule has 3 heteroatoms. The van der Waals surface area contributed by atoms with E-state index in [1.165, 1.54) is 22.4 Å². The van der Waals surface area contributed by atoms with E-state index in [4.69, 9.17) is 0 Å². The number of rotatable bonds is 2. The lowest BCUT2D eigenvalue weighted by molar-refractivity contribution is 0.938. The summed E-state index contributed by atoms with van der Waals surface area (Å²) in [5.74, 6) is 0. The summed E-state index contributed by atoms with van der Waals surface area (Å²) < 4.78 is 1.11. The number of benzene rings is 2. The first-order valence-corrected chi connectivity index (χ1v) is 7.07. The number of hydrogen-bond donors (Lipinski definition) is 1. The standard InChI is InChI=1S/C16H15BrN2/c1-18-8-9-19-11-12-4-2-3-5-14(12)15-10-13(17)6-7-16(15)19/h2-10,18H,11H2,1H3/b9-8-. The van der Waals surface area contributed by atoms with Crippen LogP contribution in [0.5, 0.6) is 0 Å². The van der Waals surface area contributed by atoms with Crippen LogP contribution >= 0.6 is 15.9 Å². The van der Waals surface area contributed by atoms with Crippen LogP contribution in [0.3, 0.4) is 0 Å². The Kier molecular flexibility index (Phi) is 3.30. The van der Waals surface area contributed by atoms with Crippen LogP contribution in [-0.4, -0.2) is 7.05 Å². The third kappa shape index (κ3) is 2.26. The molecule has 3 rings (SSSR count). The molecule has 0 fully saturated rings. The Balaban J connectivity index is 2.16. The minimum absolute atomic E-state index is 0.906. The van der Waals surface area contributed by atoms with Crippen molar-refractivity contribution in [1.29, 1.82) is 0 Å². The van der Waals surface area contributed by atoms with Crippen molar-refractivity contribution < 1.29 is 0 Å². The van der Waals surface area contributed by atoms with Crippen molar-refractivity contribution >= 4 is 21.6 Å². The van der Waals surface area contributed by atoms with Crippen molar-refractivity contribution in [3.63, 3.8) is 0 Å². The van der Waals surface area contributed by atoms with Gasteiger partial charge in [0.2, 0.25) is 0 Å². The van der Waals surface area contributed by atoms with Gasteiger partial charge in [0, 0.05) is 41.7 Å². The highest BCUT2D eigenvalue weighted by Crippen LogP contribution is 2.40. The van der Waals surface area contributed by atoms with Crippen LogP contribution in [-0.2, 0) is 6.54 Å². The summed E-state index contributed by atoms with van der Waals surface area (Å²) in [6, 6.07) is 15.0. The minimum atomic E-state index is 0.906. The molecule has 0 saturated carbocycles. The summed E-state index contributed by atoms with van der Waals surface area (Å²) in [5, 5.41) is 3.05. The van der Waals surface area contributed by atoms with E-state index in [2.05, 4.69) is 74.8 Å². The molecule has 0 aromatic heterocycles. The zero-order valence-electron chi connectivity index (χ0n) is 10.7. The van der Waals surface area contributed by atoms with Crippen molar-refractivity contribution in [2.24, 2.45) is 0 Å². The second kappa shape index (κ2) is 5.10. The molecule has 0 radical (unpaired) electrons. The summed E-state index contributed by atoms with van der Waals surface area (Å²) in [7, 11) is 1.91. The topological polar surface area (TPSA) is 15.3 Å². The Labute approximate surface area is 121 Å². The average Bonchev–Trinajstić information content (AvgIpc) is 2.44. The second-order valence-corrected chi connectivity index (χ2v) is 5.47. The Morgan fingerprint density at radius 2 is 2.00 bits per heavy atom. The summed E-state index contributed by atoms with van der Waals surface area (Å²) in [4.78, 5) is 2.26. The molecule has 1 N–H and O–H groups in total. The number of hydrogen-bond acceptors (Lipinski definition) is 2. The minimum Gasteiger partial charge on any atom is -0.393 e. The molecule has 1 aliphatic rings. The van der Waals surface area contributed by atoms with Gasteiger partial charge in [0.25, 0.3) is 0 Å². The highest BCUT2D eigenvalue weighted by atomic mass is 79.9. The van der Waals surface area contributed by atoms with Crippen LogP contribution < -0.4 is 10.2 Å². The van der Waals surface area contributed by atoms with Crippen LogP contribution in [0, 0.1) is 0 Å². The van der Waals surface area contributed by atoms with Crippen LogP contribution in [0.2, 0.25) is 0 Å². The van der Waals surface area contributed by atoms with E-state index in [1.54, 1.807) is 0 Å². The van der Waals surface area contributed by atoms with Gasteiger partial charge in [-0.3, -0.25) is 0 Å². The maximum Gasteiger partial charge on any atom is 0.0490 e. The Morgan fingerprint density at radius 1 is 1.16 bits per heavy atom. The molecule has 0 saturated heterocycles. The van der Waals surface area contributed by atoms with E-state index in [0.29, 0.717) is 0 Å². The van der Waals surface area contributed by atoms with E-state index >= 15 is 0 Å². The van der Waals surface area contributed by atoms with Gasteiger partial charge >= 0.3 is 0 Å². The molecule has 2 aromatic rings. The van der Waals surface area contributed by atoms with Gasteiger partial charge in [0.1, 0.15) is 0 Å². The van der Waals surface area contributed by atoms with Crippen molar-refractivity contribution in [3.05, 3.63) is 64.9 Å². The van der Waals surface area contributed by atoms with Crippen LogP contribution in [0.4, 0.5) is 5.69 Å². The number of anilines is 1. The van der Waals surface area contributed by atoms with Crippen molar-refractivity contribution in [3.8, 4) is 11.1 Å². The third-order valence-corrected chi connectivity index (χ3v) is 3.83. The van der Waals surface area contributed by atoms with Crippen molar-refractivity contribution in [1.82, 2.24) is 5.32 Å². The first-order valence-electron chi connectivity index (χ1n) is 6.28. The van der Waals surface area contributed by atoms with Gasteiger partial charge < -0.3 is 10.2 Å². The van der Waals surface area contributed by atoms with Gasteiger partial charge in [-0.15, -0.1) is 0 Å². The molecule has 2 nitrogen and oxygen atoms in total. The fourth-order valence-electron chi connectivity index (χ4n) is 2.46. The van der Waals surface area contributed by atoms with Gasteiger partial charge in [-0.05, 0) is 29.3 Å². The molecular formula is C16H15BrN2. The van der Waals surface area contributed by atoms with E-state index in [1.807, 2.05) is 13.2 Å². The molecule has 0 aliphatic carbocycles. The number of nitrogens with zero attached hydrogens (tertiary/aromatic N) is 1. The van der Waals surface area contributed by atoms with E-state index in [-0.39, 0.29) is 0 Å². The Hall–Kier alpha value is -1.74. The zero-order chi connectivity index (χ0) is 13.2. The highest BCUT2D eigenvalue weighted by molar-refractivity contribution is 9.10. The summed E-state index contributed by atoms with van der Waals surface area (Å²) in [5.41, 5.74) is 5.20. The monoisotopic (exact) mass is 314 g/mol. The Bertz CT molecular complexity index is 634. The van der Waals surface area contributed by atoms with E-state index < -0.39 is 0 Å². The molecule has 0 amide bonds. The lowest BCUT2D eigenvalue weighted by atomic mass is 9.94. The van der Waals surface area contributed by atoms with Gasteiger partial charge in [-0.2, -0.15) is 0 Å². The molecule has 2 aromatic carbocycles. The predicted molar refractivity (Wildman–Crippen MR) is 84.0 cm³/mol. The first kappa shape index (κ1) is 12.3. The Morgan fingerprint density at radius 3 is 2.84 bits per heavy atom. The molecule has 96 valence electrons. The van der Waals surface area contributed by atoms with Crippen LogP contribution in [0.25, 0.3) is 11.1 Å². The van der Waals surface area contributed by atoms with Gasteiger partial charge in [0.05, 0.1) is 0 Å². The third-order valence-electron chi connectivity index (χ3n) is 3.34. The molecule has 1 aliphatic heterocycles. The smallest absolute Gasteiger partial charge is 0.0490 e. The lowest BCUT2D eigenvalue weighted by Gasteiger charge is -2.30. The molecule has 0 bridgehead atoms. The van der Waals surface area contributed by atoms with E-state index in [0.717, 1.165) is 11.0 Å². The van der Waals surface area contributed by atoms with E-state index in [9.17, 15) is 0 Å². The maximum absolute atomic E-state index is 3.57. The molecule has 1 heterocycles. The summed E-state index contributed by atoms with van der Waals surface area (Å²) >= 11 is 3.57. The lowest BCUT2D eigenvalue weighted by Crippen LogP contribution is -2.21. The molecule has 0 unspecified atom stereocenters. The quantitative estimate of drug-likeness (QED) is 0.896. The van der Waals surface area contributed by atoms with Gasteiger partial charge in [0.15, 0.2) is 0 Å². The normalized spacial score (nSPS) is 13.3. The van der Waals surface area contributed by atoms with Crippen molar-refractivity contribution in [2.45, 2.75) is 6.54 Å². The molecular weight excluding hydrogens is 300 g/mol. The largest absolute Gasteiger partial charge is 0.393 e. The summed E-state index contributed by atoms with van der Waals surface area (Å²) in [6.07, 6.45) is 4.04. The average molecular weight is 315 g/mol. The maximum atomic E-state index is 3.57. The van der Waals surface area contributed by atoms with Gasteiger partial charge in [-0.25, -0.2) is 0 Å². The van der Waals surface area contributed by atoms with Crippen LogP contribution in [0.15, 0.2) is 59.3 Å². The SMILES string of the molecule is CN/C=C\N1Cc2ccccc2-c2cc(Br)ccc21. The fraction of sp³-hybridized carbons (Fsp3) is 0.125. The van der Waals surface area contributed by atoms with Crippen LogP contribution in [0.1, 0.15) is 5.56 Å². The van der Waals surface area contributed by atoms with Gasteiger partial charge in [-0.1, -0.05) is 40.2 Å². The second-order valence-electron chi connectivity index (χ2n) is 4.55. The number of nitrogens with one attached hydrogen (secondary N) is 1. The number of fused-ring (bicyclic) bond motifs is 3. The molecule has 19 heavy (non-hydrogen) atoms. The zero-order valence-corrected chi connectivity index (χ0v) is 12.3. The summed E-state index contributed by atoms with van der Waals surface area (Å²) in [6.45, 7) is 0.906. The highest BCUT2D eigenvalue weighted by Gasteiger charge is 2.20. The fourth-order valence-corrected chi connectivity index (χ4v) is 2.82. The predicted octanol–water partition coefficient (Wildman–Crippen LogP) is 4.13. The molecule has 0 spiro atoms.